The van der Waals surface area contributed by atoms with E-state index < -0.39 is 0 Å². The molecule has 1 heterocycles. The Labute approximate surface area is 155 Å². The number of halogens is 1. The number of unbranched alkanes of at least 4 members (excludes halogenated alkanes) is 1. The molecule has 0 aliphatic rings. The van der Waals surface area contributed by atoms with E-state index in [4.69, 9.17) is 16.3 Å². The summed E-state index contributed by atoms with van der Waals surface area (Å²) < 4.78 is 5.64. The molecule has 5 heteroatoms. The fourth-order valence-corrected chi connectivity index (χ4v) is 3.41. The molecule has 2 N–H and O–H groups in total. The van der Waals surface area contributed by atoms with E-state index in [1.165, 1.54) is 5.56 Å². The Bertz CT molecular complexity index is 696. The fourth-order valence-electron chi connectivity index (χ4n) is 3.14. The highest BCUT2D eigenvalue weighted by Gasteiger charge is 2.18. The first kappa shape index (κ1) is 19.6. The highest BCUT2D eigenvalue weighted by atomic mass is 35.5. The number of benzene rings is 1. The smallest absolute Gasteiger partial charge is 0.220 e. The summed E-state index contributed by atoms with van der Waals surface area (Å²) in [5.74, 6) is 1.17. The number of rotatable bonds is 10. The molecular weight excluding hydrogens is 336 g/mol. The number of aromatic amines is 1. The molecule has 1 amide bonds. The summed E-state index contributed by atoms with van der Waals surface area (Å²) in [4.78, 5) is 15.2. The van der Waals surface area contributed by atoms with Crippen molar-refractivity contribution in [2.75, 3.05) is 13.2 Å². The van der Waals surface area contributed by atoms with Crippen molar-refractivity contribution in [3.05, 3.63) is 28.9 Å². The first-order chi connectivity index (χ1) is 12.1. The number of aromatic nitrogens is 1. The van der Waals surface area contributed by atoms with Crippen molar-refractivity contribution in [2.45, 2.75) is 58.8 Å². The molecule has 25 heavy (non-hydrogen) atoms. The second-order valence-corrected chi connectivity index (χ2v) is 6.81. The van der Waals surface area contributed by atoms with Crippen LogP contribution in [-0.4, -0.2) is 24.0 Å². The zero-order valence-corrected chi connectivity index (χ0v) is 16.2. The van der Waals surface area contributed by atoms with Gasteiger partial charge in [-0.25, -0.2) is 0 Å². The third-order valence-electron chi connectivity index (χ3n) is 4.43. The first-order valence-corrected chi connectivity index (χ1v) is 9.68. The van der Waals surface area contributed by atoms with E-state index in [1.54, 1.807) is 0 Å². The molecule has 1 unspecified atom stereocenters. The molecule has 0 fully saturated rings. The maximum Gasteiger partial charge on any atom is 0.220 e. The van der Waals surface area contributed by atoms with Crippen LogP contribution in [-0.2, 0) is 4.79 Å². The maximum atomic E-state index is 11.9. The van der Waals surface area contributed by atoms with Gasteiger partial charge in [0.1, 0.15) is 5.75 Å². The number of carbonyl (C=O) groups excluding carboxylic acids is 1. The third-order valence-corrected chi connectivity index (χ3v) is 4.72. The highest BCUT2D eigenvalue weighted by Crippen LogP contribution is 2.35. The Balaban J connectivity index is 2.30. The minimum Gasteiger partial charge on any atom is -0.494 e. The monoisotopic (exact) mass is 364 g/mol. The van der Waals surface area contributed by atoms with Crippen LogP contribution >= 0.6 is 11.6 Å². The molecule has 0 saturated carbocycles. The van der Waals surface area contributed by atoms with Crippen LogP contribution in [0.15, 0.2) is 18.3 Å². The Morgan fingerprint density at radius 2 is 2.08 bits per heavy atom. The van der Waals surface area contributed by atoms with E-state index in [0.29, 0.717) is 24.6 Å². The number of nitrogens with one attached hydrogen (secondary N) is 2. The topological polar surface area (TPSA) is 54.1 Å². The minimum absolute atomic E-state index is 0.122. The van der Waals surface area contributed by atoms with Gasteiger partial charge in [-0.15, -0.1) is 0 Å². The van der Waals surface area contributed by atoms with Gasteiger partial charge < -0.3 is 15.0 Å². The number of fused-ring (bicyclic) bond motifs is 1. The predicted octanol–water partition coefficient (Wildman–Crippen LogP) is 5.41. The number of carbonyl (C=O) groups is 1. The van der Waals surface area contributed by atoms with E-state index in [0.717, 1.165) is 42.3 Å². The maximum absolute atomic E-state index is 11.9. The lowest BCUT2D eigenvalue weighted by atomic mass is 9.93. The van der Waals surface area contributed by atoms with Gasteiger partial charge in [0, 0.05) is 36.5 Å². The van der Waals surface area contributed by atoms with Crippen molar-refractivity contribution in [1.82, 2.24) is 10.3 Å². The van der Waals surface area contributed by atoms with E-state index in [-0.39, 0.29) is 11.8 Å². The van der Waals surface area contributed by atoms with Crippen LogP contribution in [0.25, 0.3) is 10.9 Å². The molecular formula is C20H29ClN2O2. The summed E-state index contributed by atoms with van der Waals surface area (Å²) in [5.41, 5.74) is 2.13. The van der Waals surface area contributed by atoms with Gasteiger partial charge in [0.05, 0.1) is 17.1 Å². The zero-order chi connectivity index (χ0) is 18.2. The van der Waals surface area contributed by atoms with Crippen molar-refractivity contribution >= 4 is 28.4 Å². The molecule has 1 aromatic carbocycles. The number of ether oxygens (including phenoxy) is 1. The summed E-state index contributed by atoms with van der Waals surface area (Å²) in [7, 11) is 0. The van der Waals surface area contributed by atoms with E-state index in [9.17, 15) is 4.79 Å². The van der Waals surface area contributed by atoms with Crippen molar-refractivity contribution in [3.63, 3.8) is 0 Å². The van der Waals surface area contributed by atoms with Gasteiger partial charge in [0.15, 0.2) is 0 Å². The van der Waals surface area contributed by atoms with Gasteiger partial charge in [-0.1, -0.05) is 38.3 Å². The van der Waals surface area contributed by atoms with Crippen LogP contribution in [0.4, 0.5) is 0 Å². The lowest BCUT2D eigenvalue weighted by Crippen LogP contribution is -2.28. The fraction of sp³-hybridized carbons (Fsp3) is 0.550. The van der Waals surface area contributed by atoms with Crippen molar-refractivity contribution in [1.29, 1.82) is 0 Å². The molecule has 138 valence electrons. The molecule has 0 spiro atoms. The van der Waals surface area contributed by atoms with Gasteiger partial charge in [-0.05, 0) is 31.4 Å². The van der Waals surface area contributed by atoms with E-state index in [1.807, 2.05) is 32.2 Å². The minimum atomic E-state index is 0.122. The molecule has 4 nitrogen and oxygen atoms in total. The lowest BCUT2D eigenvalue weighted by Gasteiger charge is -2.17. The largest absolute Gasteiger partial charge is 0.494 e. The molecule has 0 saturated heterocycles. The Morgan fingerprint density at radius 1 is 1.28 bits per heavy atom. The van der Waals surface area contributed by atoms with Gasteiger partial charge in [-0.3, -0.25) is 4.79 Å². The van der Waals surface area contributed by atoms with Crippen LogP contribution in [0.1, 0.15) is 64.4 Å². The van der Waals surface area contributed by atoms with Crippen molar-refractivity contribution in [2.24, 2.45) is 0 Å². The van der Waals surface area contributed by atoms with Gasteiger partial charge in [0.25, 0.3) is 0 Å². The van der Waals surface area contributed by atoms with Crippen LogP contribution in [0.2, 0.25) is 5.02 Å². The number of hydrogen-bond donors (Lipinski definition) is 2. The molecule has 0 aliphatic heterocycles. The summed E-state index contributed by atoms with van der Waals surface area (Å²) in [6.45, 7) is 7.43. The standard InChI is InChI=1S/C20H29ClN2O2/c1-4-7-9-14(12-22-19(24)8-5-2)17-13-23-20-16(17)10-15(25-6-3)11-18(20)21/h10-11,13-14,23H,4-9,12H2,1-3H3,(H,22,24). The van der Waals surface area contributed by atoms with Gasteiger partial charge in [-0.2, -0.15) is 0 Å². The van der Waals surface area contributed by atoms with Crippen molar-refractivity contribution in [3.8, 4) is 5.75 Å². The van der Waals surface area contributed by atoms with Crippen LogP contribution in [0.5, 0.6) is 5.75 Å². The average molecular weight is 365 g/mol. The van der Waals surface area contributed by atoms with Crippen LogP contribution in [0, 0.1) is 0 Å². The summed E-state index contributed by atoms with van der Waals surface area (Å²) in [6.07, 6.45) is 6.76. The molecule has 2 rings (SSSR count). The Morgan fingerprint density at radius 3 is 2.76 bits per heavy atom. The predicted molar refractivity (Wildman–Crippen MR) is 105 cm³/mol. The van der Waals surface area contributed by atoms with E-state index in [2.05, 4.69) is 17.2 Å². The molecule has 1 aromatic heterocycles. The van der Waals surface area contributed by atoms with Crippen LogP contribution < -0.4 is 10.1 Å². The molecule has 2 aromatic rings. The SMILES string of the molecule is CCCCC(CNC(=O)CCC)c1c[nH]c2c(Cl)cc(OCC)cc12. The summed E-state index contributed by atoms with van der Waals surface area (Å²) >= 11 is 6.41. The first-order valence-electron chi connectivity index (χ1n) is 9.30. The molecule has 0 aliphatic carbocycles. The summed E-state index contributed by atoms with van der Waals surface area (Å²) in [6, 6.07) is 3.89. The third kappa shape index (κ3) is 5.15. The molecule has 1 atom stereocenters. The summed E-state index contributed by atoms with van der Waals surface area (Å²) in [5, 5.41) is 4.83. The number of H-pyrrole nitrogens is 1. The second kappa shape index (κ2) is 9.71. The quantitative estimate of drug-likeness (QED) is 0.592. The second-order valence-electron chi connectivity index (χ2n) is 6.40. The van der Waals surface area contributed by atoms with Gasteiger partial charge >= 0.3 is 0 Å². The average Bonchev–Trinajstić information content (AvgIpc) is 3.00. The highest BCUT2D eigenvalue weighted by molar-refractivity contribution is 6.35. The van der Waals surface area contributed by atoms with Crippen LogP contribution in [0.3, 0.4) is 0 Å². The van der Waals surface area contributed by atoms with E-state index >= 15 is 0 Å². The Hall–Kier alpha value is -1.68. The molecule has 0 radical (unpaired) electrons. The van der Waals surface area contributed by atoms with Gasteiger partial charge in [0.2, 0.25) is 5.91 Å². The normalized spacial score (nSPS) is 12.3. The number of amides is 1. The zero-order valence-electron chi connectivity index (χ0n) is 15.5. The van der Waals surface area contributed by atoms with Crippen molar-refractivity contribution < 1.29 is 9.53 Å². The number of hydrogen-bond acceptors (Lipinski definition) is 2. The molecule has 0 bridgehead atoms. The lowest BCUT2D eigenvalue weighted by molar-refractivity contribution is -0.121. The Kier molecular flexibility index (Phi) is 7.63.